The molecule has 2 amide bonds. The van der Waals surface area contributed by atoms with Crippen molar-refractivity contribution in [1.82, 2.24) is 15.3 Å². The zero-order valence-corrected chi connectivity index (χ0v) is 16.0. The van der Waals surface area contributed by atoms with E-state index in [2.05, 4.69) is 20.6 Å². The molecular weight excluding hydrogens is 390 g/mol. The summed E-state index contributed by atoms with van der Waals surface area (Å²) in [5.41, 5.74) is 0.332. The molecule has 6 nitrogen and oxygen atoms in total. The van der Waals surface area contributed by atoms with Gasteiger partial charge >= 0.3 is 0 Å². The average Bonchev–Trinajstić information content (AvgIpc) is 2.74. The molecule has 0 radical (unpaired) electrons. The second-order valence-electron chi connectivity index (χ2n) is 6.31. The Morgan fingerprint density at radius 3 is 2.40 bits per heavy atom. The molecule has 0 aliphatic heterocycles. The summed E-state index contributed by atoms with van der Waals surface area (Å²) in [5, 5.41) is 4.83. The first-order valence-electron chi connectivity index (χ1n) is 9.03. The number of amides is 2. The number of benzene rings is 2. The molecule has 0 fully saturated rings. The number of nitrogens with zero attached hydrogens (tertiary/aromatic N) is 2. The van der Waals surface area contributed by atoms with Crippen molar-refractivity contribution in [2.75, 3.05) is 11.9 Å². The highest BCUT2D eigenvalue weighted by Crippen LogP contribution is 2.20. The summed E-state index contributed by atoms with van der Waals surface area (Å²) in [5.74, 6) is -2.99. The topological polar surface area (TPSA) is 84.0 Å². The average molecular weight is 408 g/mol. The number of rotatable bonds is 6. The molecule has 1 heterocycles. The summed E-state index contributed by atoms with van der Waals surface area (Å²) >= 11 is 0. The van der Waals surface area contributed by atoms with Crippen LogP contribution < -0.4 is 10.6 Å². The molecule has 3 aromatic rings. The standard InChI is InChI=1S/C22H18F2N4O2/c1-14-26-12-16(13-27-14)21(29)28-20-10-17(18(23)11-19(20)24)22(30)25-9-5-8-15-6-3-2-4-7-15/h2-8,10-13H,9H2,1H3,(H,25,30)(H,28,29)/b8-5+. The van der Waals surface area contributed by atoms with E-state index in [1.54, 1.807) is 19.1 Å². The maximum absolute atomic E-state index is 14.1. The molecule has 2 N–H and O–H groups in total. The zero-order chi connectivity index (χ0) is 21.5. The van der Waals surface area contributed by atoms with Crippen molar-refractivity contribution in [3.05, 3.63) is 95.1 Å². The van der Waals surface area contributed by atoms with Crippen LogP contribution in [0.3, 0.4) is 0 Å². The molecule has 0 bridgehead atoms. The number of hydrogen-bond acceptors (Lipinski definition) is 4. The minimum absolute atomic E-state index is 0.0985. The Labute approximate surface area is 171 Å². The molecule has 0 saturated carbocycles. The predicted octanol–water partition coefficient (Wildman–Crippen LogP) is 3.76. The van der Waals surface area contributed by atoms with E-state index in [9.17, 15) is 18.4 Å². The molecule has 152 valence electrons. The summed E-state index contributed by atoms with van der Waals surface area (Å²) < 4.78 is 28.2. The van der Waals surface area contributed by atoms with Gasteiger partial charge in [0.25, 0.3) is 11.8 Å². The Kier molecular flexibility index (Phi) is 6.59. The normalized spacial score (nSPS) is 10.8. The fourth-order valence-electron chi connectivity index (χ4n) is 2.53. The van der Waals surface area contributed by atoms with Gasteiger partial charge in [-0.1, -0.05) is 42.5 Å². The number of carbonyl (C=O) groups is 2. The predicted molar refractivity (Wildman–Crippen MR) is 109 cm³/mol. The van der Waals surface area contributed by atoms with Gasteiger partial charge in [0.15, 0.2) is 0 Å². The van der Waals surface area contributed by atoms with Crippen LogP contribution in [0.15, 0.2) is 60.9 Å². The second-order valence-corrected chi connectivity index (χ2v) is 6.31. The molecule has 0 aliphatic carbocycles. The molecule has 0 saturated heterocycles. The van der Waals surface area contributed by atoms with Gasteiger partial charge in [0, 0.05) is 25.0 Å². The molecule has 0 aliphatic rings. The van der Waals surface area contributed by atoms with Gasteiger partial charge in [0.2, 0.25) is 0 Å². The quantitative estimate of drug-likeness (QED) is 0.651. The van der Waals surface area contributed by atoms with Gasteiger partial charge in [-0.3, -0.25) is 9.59 Å². The van der Waals surface area contributed by atoms with E-state index in [0.29, 0.717) is 11.9 Å². The fraction of sp³-hybridized carbons (Fsp3) is 0.0909. The molecule has 3 rings (SSSR count). The Morgan fingerprint density at radius 2 is 1.70 bits per heavy atom. The van der Waals surface area contributed by atoms with E-state index in [4.69, 9.17) is 0 Å². The molecule has 0 spiro atoms. The molecule has 0 atom stereocenters. The highest BCUT2D eigenvalue weighted by atomic mass is 19.1. The SMILES string of the molecule is Cc1ncc(C(=O)Nc2cc(C(=O)NC/C=C/c3ccccc3)c(F)cc2F)cn1. The number of hydrogen-bond donors (Lipinski definition) is 2. The minimum atomic E-state index is -1.03. The number of halogens is 2. The van der Waals surface area contributed by atoms with Crippen LogP contribution in [-0.2, 0) is 0 Å². The summed E-state index contributed by atoms with van der Waals surface area (Å²) in [6, 6.07) is 10.9. The Balaban J connectivity index is 1.69. The lowest BCUT2D eigenvalue weighted by molar-refractivity contribution is 0.0952. The largest absolute Gasteiger partial charge is 0.348 e. The van der Waals surface area contributed by atoms with Gasteiger partial charge in [0.05, 0.1) is 16.8 Å². The number of anilines is 1. The van der Waals surface area contributed by atoms with E-state index in [1.807, 2.05) is 30.3 Å². The molecule has 30 heavy (non-hydrogen) atoms. The third-order valence-corrected chi connectivity index (χ3v) is 4.08. The van der Waals surface area contributed by atoms with Crippen molar-refractivity contribution in [2.45, 2.75) is 6.92 Å². The van der Waals surface area contributed by atoms with Crippen LogP contribution in [0.5, 0.6) is 0 Å². The van der Waals surface area contributed by atoms with E-state index < -0.39 is 23.4 Å². The van der Waals surface area contributed by atoms with Crippen LogP contribution in [0.25, 0.3) is 6.08 Å². The van der Waals surface area contributed by atoms with Crippen molar-refractivity contribution < 1.29 is 18.4 Å². The number of nitrogens with one attached hydrogen (secondary N) is 2. The lowest BCUT2D eigenvalue weighted by Gasteiger charge is -2.10. The first-order chi connectivity index (χ1) is 14.4. The lowest BCUT2D eigenvalue weighted by atomic mass is 10.1. The highest BCUT2D eigenvalue weighted by molar-refractivity contribution is 6.05. The van der Waals surface area contributed by atoms with Crippen molar-refractivity contribution >= 4 is 23.6 Å². The lowest BCUT2D eigenvalue weighted by Crippen LogP contribution is -2.25. The summed E-state index contributed by atoms with van der Waals surface area (Å²) in [4.78, 5) is 32.3. The maximum Gasteiger partial charge on any atom is 0.258 e. The van der Waals surface area contributed by atoms with Gasteiger partial charge in [-0.15, -0.1) is 0 Å². The minimum Gasteiger partial charge on any atom is -0.348 e. The Hall–Kier alpha value is -3.94. The van der Waals surface area contributed by atoms with Gasteiger partial charge in [-0.2, -0.15) is 0 Å². The van der Waals surface area contributed by atoms with Crippen LogP contribution in [0.4, 0.5) is 14.5 Å². The first-order valence-corrected chi connectivity index (χ1v) is 9.03. The highest BCUT2D eigenvalue weighted by Gasteiger charge is 2.18. The van der Waals surface area contributed by atoms with Gasteiger partial charge in [0.1, 0.15) is 17.5 Å². The smallest absolute Gasteiger partial charge is 0.258 e. The van der Waals surface area contributed by atoms with Gasteiger partial charge in [-0.25, -0.2) is 18.7 Å². The van der Waals surface area contributed by atoms with Crippen molar-refractivity contribution in [2.24, 2.45) is 0 Å². The van der Waals surface area contributed by atoms with E-state index >= 15 is 0 Å². The third kappa shape index (κ3) is 5.32. The van der Waals surface area contributed by atoms with Crippen molar-refractivity contribution in [1.29, 1.82) is 0 Å². The Morgan fingerprint density at radius 1 is 1.00 bits per heavy atom. The Bertz CT molecular complexity index is 1080. The molecule has 8 heteroatoms. The van der Waals surface area contributed by atoms with Crippen LogP contribution >= 0.6 is 0 Å². The third-order valence-electron chi connectivity index (χ3n) is 4.08. The monoisotopic (exact) mass is 408 g/mol. The van der Waals surface area contributed by atoms with Crippen molar-refractivity contribution in [3.63, 3.8) is 0 Å². The van der Waals surface area contributed by atoms with Crippen LogP contribution in [-0.4, -0.2) is 28.3 Å². The number of aromatic nitrogens is 2. The van der Waals surface area contributed by atoms with Crippen LogP contribution in [0.1, 0.15) is 32.1 Å². The zero-order valence-electron chi connectivity index (χ0n) is 16.0. The van der Waals surface area contributed by atoms with Crippen LogP contribution in [0, 0.1) is 18.6 Å². The molecule has 1 aromatic heterocycles. The van der Waals surface area contributed by atoms with Crippen LogP contribution in [0.2, 0.25) is 0 Å². The van der Waals surface area contributed by atoms with Gasteiger partial charge < -0.3 is 10.6 Å². The summed E-state index contributed by atoms with van der Waals surface area (Å²) in [7, 11) is 0. The van der Waals surface area contributed by atoms with E-state index in [-0.39, 0.29) is 23.4 Å². The van der Waals surface area contributed by atoms with Gasteiger partial charge in [-0.05, 0) is 18.6 Å². The molecule has 0 unspecified atom stereocenters. The molecule has 2 aromatic carbocycles. The van der Waals surface area contributed by atoms with E-state index in [0.717, 1.165) is 11.6 Å². The maximum atomic E-state index is 14.1. The summed E-state index contributed by atoms with van der Waals surface area (Å²) in [6.07, 6.45) is 6.07. The second kappa shape index (κ2) is 9.51. The van der Waals surface area contributed by atoms with E-state index in [1.165, 1.54) is 12.4 Å². The van der Waals surface area contributed by atoms with Crippen molar-refractivity contribution in [3.8, 4) is 0 Å². The molecular formula is C22H18F2N4O2. The summed E-state index contributed by atoms with van der Waals surface area (Å²) in [6.45, 7) is 1.80. The fourth-order valence-corrected chi connectivity index (χ4v) is 2.53. The number of carbonyl (C=O) groups excluding carboxylic acids is 2. The number of aryl methyl sites for hydroxylation is 1. The first kappa shape index (κ1) is 20.8.